The topological polar surface area (TPSA) is 66.8 Å². The quantitative estimate of drug-likeness (QED) is 0.909. The van der Waals surface area contributed by atoms with Gasteiger partial charge in [0.05, 0.1) is 5.92 Å². The lowest BCUT2D eigenvalue weighted by atomic mass is 10.1. The smallest absolute Gasteiger partial charge is 0.308 e. The molecule has 0 saturated carbocycles. The molecule has 0 spiro atoms. The van der Waals surface area contributed by atoms with Crippen LogP contribution in [0.25, 0.3) is 0 Å². The molecule has 5 heteroatoms. The summed E-state index contributed by atoms with van der Waals surface area (Å²) in [4.78, 5) is 24.7. The van der Waals surface area contributed by atoms with Gasteiger partial charge in [0.15, 0.2) is 6.10 Å². The molecule has 1 aliphatic rings. The monoisotopic (exact) mass is 277 g/mol. The fourth-order valence-electron chi connectivity index (χ4n) is 2.36. The molecule has 1 heterocycles. The van der Waals surface area contributed by atoms with E-state index in [4.69, 9.17) is 9.84 Å². The van der Waals surface area contributed by atoms with Gasteiger partial charge in [-0.1, -0.05) is 12.1 Å². The van der Waals surface area contributed by atoms with Crippen LogP contribution < -0.4 is 4.74 Å². The number of hydrogen-bond donors (Lipinski definition) is 1. The van der Waals surface area contributed by atoms with Gasteiger partial charge in [-0.3, -0.25) is 9.59 Å². The molecule has 0 unspecified atom stereocenters. The minimum absolute atomic E-state index is 0.157. The Morgan fingerprint density at radius 3 is 2.80 bits per heavy atom. The first-order valence-corrected chi connectivity index (χ1v) is 6.72. The molecule has 108 valence electrons. The number of aliphatic carboxylic acids is 1. The molecule has 1 N–H and O–H groups in total. The van der Waals surface area contributed by atoms with Crippen LogP contribution in [0.3, 0.4) is 0 Å². The van der Waals surface area contributed by atoms with E-state index >= 15 is 0 Å². The number of likely N-dealkylation sites (tertiary alicyclic amines) is 1. The predicted molar refractivity (Wildman–Crippen MR) is 73.6 cm³/mol. The van der Waals surface area contributed by atoms with Crippen molar-refractivity contribution in [1.29, 1.82) is 0 Å². The molecule has 1 fully saturated rings. The highest BCUT2D eigenvalue weighted by atomic mass is 16.5. The molecule has 1 aromatic carbocycles. The third kappa shape index (κ3) is 3.29. The van der Waals surface area contributed by atoms with Gasteiger partial charge in [0.1, 0.15) is 5.75 Å². The SMILES string of the molecule is Cc1cccc(O[C@H](C)C(=O)N2CC[C@H](C(=O)O)C2)c1. The van der Waals surface area contributed by atoms with Gasteiger partial charge in [0, 0.05) is 13.1 Å². The summed E-state index contributed by atoms with van der Waals surface area (Å²) in [5.74, 6) is -0.798. The molecule has 0 bridgehead atoms. The highest BCUT2D eigenvalue weighted by molar-refractivity contribution is 5.82. The second-order valence-corrected chi connectivity index (χ2v) is 5.18. The fourth-order valence-corrected chi connectivity index (χ4v) is 2.36. The summed E-state index contributed by atoms with van der Waals surface area (Å²) in [6, 6.07) is 7.50. The minimum Gasteiger partial charge on any atom is -0.481 e. The molecule has 1 aromatic rings. The van der Waals surface area contributed by atoms with Crippen LogP contribution in [0.15, 0.2) is 24.3 Å². The number of carboxylic acids is 1. The zero-order valence-corrected chi connectivity index (χ0v) is 11.7. The molecule has 5 nitrogen and oxygen atoms in total. The maximum absolute atomic E-state index is 12.2. The van der Waals surface area contributed by atoms with E-state index in [0.717, 1.165) is 5.56 Å². The first-order valence-electron chi connectivity index (χ1n) is 6.72. The van der Waals surface area contributed by atoms with Crippen molar-refractivity contribution < 1.29 is 19.4 Å². The lowest BCUT2D eigenvalue weighted by Gasteiger charge is -2.21. The molecule has 1 saturated heterocycles. The van der Waals surface area contributed by atoms with E-state index in [-0.39, 0.29) is 12.5 Å². The zero-order valence-electron chi connectivity index (χ0n) is 11.7. The molecule has 2 rings (SSSR count). The maximum atomic E-state index is 12.2. The second kappa shape index (κ2) is 5.94. The van der Waals surface area contributed by atoms with Crippen LogP contribution in [0.5, 0.6) is 5.75 Å². The van der Waals surface area contributed by atoms with E-state index in [0.29, 0.717) is 18.7 Å². The molecule has 2 atom stereocenters. The van der Waals surface area contributed by atoms with Crippen LogP contribution in [0.1, 0.15) is 18.9 Å². The van der Waals surface area contributed by atoms with Crippen LogP contribution >= 0.6 is 0 Å². The van der Waals surface area contributed by atoms with Gasteiger partial charge >= 0.3 is 5.97 Å². The lowest BCUT2D eigenvalue weighted by molar-refractivity contribution is -0.142. The van der Waals surface area contributed by atoms with Crippen molar-refractivity contribution in [1.82, 2.24) is 4.90 Å². The number of amides is 1. The van der Waals surface area contributed by atoms with Crippen molar-refractivity contribution in [2.75, 3.05) is 13.1 Å². The average Bonchev–Trinajstić information content (AvgIpc) is 2.87. The van der Waals surface area contributed by atoms with Crippen molar-refractivity contribution in [2.45, 2.75) is 26.4 Å². The van der Waals surface area contributed by atoms with Crippen LogP contribution in [-0.4, -0.2) is 41.1 Å². The number of rotatable bonds is 4. The first kappa shape index (κ1) is 14.4. The number of aryl methyl sites for hydroxylation is 1. The van der Waals surface area contributed by atoms with Crippen molar-refractivity contribution >= 4 is 11.9 Å². The molecule has 0 aromatic heterocycles. The first-order chi connectivity index (χ1) is 9.47. The molecule has 1 aliphatic heterocycles. The fraction of sp³-hybridized carbons (Fsp3) is 0.467. The number of carbonyl (C=O) groups excluding carboxylic acids is 1. The highest BCUT2D eigenvalue weighted by Gasteiger charge is 2.33. The van der Waals surface area contributed by atoms with E-state index in [1.54, 1.807) is 17.9 Å². The number of carbonyl (C=O) groups is 2. The normalized spacial score (nSPS) is 19.7. The summed E-state index contributed by atoms with van der Waals surface area (Å²) < 4.78 is 5.63. The van der Waals surface area contributed by atoms with Crippen molar-refractivity contribution in [2.24, 2.45) is 5.92 Å². The molecule has 1 amide bonds. The number of ether oxygens (including phenoxy) is 1. The van der Waals surface area contributed by atoms with Gasteiger partial charge in [-0.25, -0.2) is 0 Å². The summed E-state index contributed by atoms with van der Waals surface area (Å²) >= 11 is 0. The van der Waals surface area contributed by atoms with Crippen LogP contribution in [-0.2, 0) is 9.59 Å². The zero-order chi connectivity index (χ0) is 14.7. The average molecular weight is 277 g/mol. The summed E-state index contributed by atoms with van der Waals surface area (Å²) in [6.07, 6.45) is -0.0949. The molecular weight excluding hydrogens is 258 g/mol. The molecular formula is C15H19NO4. The van der Waals surface area contributed by atoms with E-state index < -0.39 is 18.0 Å². The van der Waals surface area contributed by atoms with Crippen LogP contribution in [0, 0.1) is 12.8 Å². The number of benzene rings is 1. The second-order valence-electron chi connectivity index (χ2n) is 5.18. The summed E-state index contributed by atoms with van der Waals surface area (Å²) in [5, 5.41) is 8.95. The van der Waals surface area contributed by atoms with Gasteiger partial charge in [-0.2, -0.15) is 0 Å². The van der Waals surface area contributed by atoms with Gasteiger partial charge in [-0.15, -0.1) is 0 Å². The highest BCUT2D eigenvalue weighted by Crippen LogP contribution is 2.19. The molecule has 0 aliphatic carbocycles. The van der Waals surface area contributed by atoms with Crippen LogP contribution in [0.2, 0.25) is 0 Å². The van der Waals surface area contributed by atoms with E-state index in [9.17, 15) is 9.59 Å². The number of nitrogens with zero attached hydrogens (tertiary/aromatic N) is 1. The van der Waals surface area contributed by atoms with E-state index in [2.05, 4.69) is 0 Å². The third-order valence-electron chi connectivity index (χ3n) is 3.50. The molecule has 20 heavy (non-hydrogen) atoms. The Kier molecular flexibility index (Phi) is 4.27. The number of hydrogen-bond acceptors (Lipinski definition) is 3. The summed E-state index contributed by atoms with van der Waals surface area (Å²) in [5.41, 5.74) is 1.06. The molecule has 0 radical (unpaired) electrons. The Morgan fingerprint density at radius 2 is 2.20 bits per heavy atom. The maximum Gasteiger partial charge on any atom is 0.308 e. The Morgan fingerprint density at radius 1 is 1.45 bits per heavy atom. The Labute approximate surface area is 118 Å². The predicted octanol–water partition coefficient (Wildman–Crippen LogP) is 1.70. The van der Waals surface area contributed by atoms with Crippen molar-refractivity contribution in [3.05, 3.63) is 29.8 Å². The lowest BCUT2D eigenvalue weighted by Crippen LogP contribution is -2.39. The van der Waals surface area contributed by atoms with Gasteiger partial charge < -0.3 is 14.7 Å². The van der Waals surface area contributed by atoms with Crippen molar-refractivity contribution in [3.8, 4) is 5.75 Å². The van der Waals surface area contributed by atoms with Gasteiger partial charge in [0.2, 0.25) is 0 Å². The third-order valence-corrected chi connectivity index (χ3v) is 3.50. The van der Waals surface area contributed by atoms with Crippen LogP contribution in [0.4, 0.5) is 0 Å². The Hall–Kier alpha value is -2.04. The number of carboxylic acid groups (broad SMARTS) is 1. The Balaban J connectivity index is 1.94. The largest absolute Gasteiger partial charge is 0.481 e. The van der Waals surface area contributed by atoms with E-state index in [1.165, 1.54) is 0 Å². The summed E-state index contributed by atoms with van der Waals surface area (Å²) in [7, 11) is 0. The van der Waals surface area contributed by atoms with Crippen molar-refractivity contribution in [3.63, 3.8) is 0 Å². The summed E-state index contributed by atoms with van der Waals surface area (Å²) in [6.45, 7) is 4.41. The Bertz CT molecular complexity index is 514. The standard InChI is InChI=1S/C15H19NO4/c1-10-4-3-5-13(8-10)20-11(2)14(17)16-7-6-12(9-16)15(18)19/h3-5,8,11-12H,6-7,9H2,1-2H3,(H,18,19)/t11-,12+/m1/s1. The van der Waals surface area contributed by atoms with Gasteiger partial charge in [-0.05, 0) is 38.0 Å². The van der Waals surface area contributed by atoms with E-state index in [1.807, 2.05) is 25.1 Å². The minimum atomic E-state index is -0.840. The van der Waals surface area contributed by atoms with Gasteiger partial charge in [0.25, 0.3) is 5.91 Å².